The molecule has 0 saturated heterocycles. The SMILES string of the molecule is C=CCN(CC(CC(=C)CO[Si](C)(C)C(C)(C)C)C(=O)OC)C(=O)OC(C)(C)C. The molecular formula is C22H41NO5Si. The van der Waals surface area contributed by atoms with Crippen molar-refractivity contribution in [2.75, 3.05) is 26.8 Å². The standard InChI is InChI=1S/C22H41NO5Si/c1-12-13-23(20(25)28-21(3,4)5)15-18(19(24)26-9)14-17(2)16-27-29(10,11)22(6,7)8/h12,18H,1-2,13-16H2,3-11H3. The average Bonchev–Trinajstić information content (AvgIpc) is 2.55. The monoisotopic (exact) mass is 427 g/mol. The van der Waals surface area contributed by atoms with Crippen LogP contribution in [0.25, 0.3) is 0 Å². The maximum Gasteiger partial charge on any atom is 0.410 e. The lowest BCUT2D eigenvalue weighted by atomic mass is 10.00. The lowest BCUT2D eigenvalue weighted by Crippen LogP contribution is -2.42. The van der Waals surface area contributed by atoms with E-state index in [0.29, 0.717) is 13.0 Å². The van der Waals surface area contributed by atoms with Crippen molar-refractivity contribution >= 4 is 20.4 Å². The highest BCUT2D eigenvalue weighted by Crippen LogP contribution is 2.36. The van der Waals surface area contributed by atoms with E-state index in [9.17, 15) is 9.59 Å². The van der Waals surface area contributed by atoms with Crippen LogP contribution in [0.5, 0.6) is 0 Å². The van der Waals surface area contributed by atoms with E-state index in [1.807, 2.05) is 0 Å². The van der Waals surface area contributed by atoms with Crippen molar-refractivity contribution in [3.05, 3.63) is 24.8 Å². The van der Waals surface area contributed by atoms with Gasteiger partial charge >= 0.3 is 12.1 Å². The van der Waals surface area contributed by atoms with Crippen molar-refractivity contribution < 1.29 is 23.5 Å². The molecule has 1 unspecified atom stereocenters. The number of carbonyl (C=O) groups is 2. The van der Waals surface area contributed by atoms with Crippen LogP contribution in [0.3, 0.4) is 0 Å². The topological polar surface area (TPSA) is 65.1 Å². The number of ether oxygens (including phenoxy) is 2. The first kappa shape index (κ1) is 27.4. The fourth-order valence-electron chi connectivity index (χ4n) is 2.27. The smallest absolute Gasteiger partial charge is 0.410 e. The van der Waals surface area contributed by atoms with Gasteiger partial charge in [0.15, 0.2) is 8.32 Å². The largest absolute Gasteiger partial charge is 0.469 e. The normalized spacial score (nSPS) is 13.4. The van der Waals surface area contributed by atoms with Gasteiger partial charge in [0.05, 0.1) is 19.6 Å². The summed E-state index contributed by atoms with van der Waals surface area (Å²) in [4.78, 5) is 26.3. The van der Waals surface area contributed by atoms with E-state index in [1.165, 1.54) is 12.0 Å². The third kappa shape index (κ3) is 10.1. The van der Waals surface area contributed by atoms with Crippen molar-refractivity contribution in [1.29, 1.82) is 0 Å². The first-order chi connectivity index (χ1) is 13.0. The van der Waals surface area contributed by atoms with Crippen LogP contribution in [0.15, 0.2) is 24.8 Å². The first-order valence-electron chi connectivity index (χ1n) is 10.0. The second-order valence-electron chi connectivity index (χ2n) is 9.90. The number of rotatable bonds is 10. The van der Waals surface area contributed by atoms with E-state index < -0.39 is 31.9 Å². The second kappa shape index (κ2) is 11.0. The van der Waals surface area contributed by atoms with Gasteiger partial charge in [-0.1, -0.05) is 39.0 Å². The van der Waals surface area contributed by atoms with Gasteiger partial charge in [0.25, 0.3) is 0 Å². The number of carbonyl (C=O) groups excluding carboxylic acids is 2. The molecule has 0 aromatic rings. The predicted molar refractivity (Wildman–Crippen MR) is 120 cm³/mol. The van der Waals surface area contributed by atoms with Crippen LogP contribution in [0.4, 0.5) is 4.79 Å². The quantitative estimate of drug-likeness (QED) is 0.273. The molecule has 168 valence electrons. The fourth-order valence-corrected chi connectivity index (χ4v) is 3.27. The highest BCUT2D eigenvalue weighted by Gasteiger charge is 2.37. The number of nitrogens with zero attached hydrogens (tertiary/aromatic N) is 1. The van der Waals surface area contributed by atoms with E-state index in [4.69, 9.17) is 13.9 Å². The Morgan fingerprint density at radius 1 is 1.14 bits per heavy atom. The third-order valence-corrected chi connectivity index (χ3v) is 9.43. The number of hydrogen-bond acceptors (Lipinski definition) is 5. The summed E-state index contributed by atoms with van der Waals surface area (Å²) in [5, 5.41) is 0.0898. The molecule has 0 saturated carbocycles. The number of hydrogen-bond donors (Lipinski definition) is 0. The summed E-state index contributed by atoms with van der Waals surface area (Å²) < 4.78 is 16.6. The number of esters is 1. The lowest BCUT2D eigenvalue weighted by Gasteiger charge is -2.36. The molecule has 7 heteroatoms. The number of methoxy groups -OCH3 is 1. The first-order valence-corrected chi connectivity index (χ1v) is 12.9. The second-order valence-corrected chi connectivity index (χ2v) is 14.7. The molecular weight excluding hydrogens is 386 g/mol. The van der Waals surface area contributed by atoms with Crippen LogP contribution in [-0.2, 0) is 18.7 Å². The van der Waals surface area contributed by atoms with Crippen molar-refractivity contribution in [2.45, 2.75) is 71.7 Å². The molecule has 0 N–H and O–H groups in total. The Bertz CT molecular complexity index is 587. The molecule has 0 aromatic heterocycles. The molecule has 0 fully saturated rings. The highest BCUT2D eigenvalue weighted by atomic mass is 28.4. The molecule has 1 amide bonds. The van der Waals surface area contributed by atoms with Crippen molar-refractivity contribution in [3.8, 4) is 0 Å². The van der Waals surface area contributed by atoms with Crippen LogP contribution in [0.1, 0.15) is 48.0 Å². The third-order valence-electron chi connectivity index (χ3n) is 4.95. The van der Waals surface area contributed by atoms with Crippen LogP contribution in [0.2, 0.25) is 18.1 Å². The molecule has 0 aliphatic rings. The molecule has 0 aromatic carbocycles. The summed E-state index contributed by atoms with van der Waals surface area (Å²) in [6.07, 6.45) is 1.49. The predicted octanol–water partition coefficient (Wildman–Crippen LogP) is 5.17. The Morgan fingerprint density at radius 2 is 1.69 bits per heavy atom. The van der Waals surface area contributed by atoms with Gasteiger partial charge in [-0.2, -0.15) is 0 Å². The summed E-state index contributed by atoms with van der Waals surface area (Å²) in [5.41, 5.74) is 0.172. The fraction of sp³-hybridized carbons (Fsp3) is 0.727. The molecule has 0 rings (SSSR count). The van der Waals surface area contributed by atoms with Gasteiger partial charge in [0.2, 0.25) is 0 Å². The van der Waals surface area contributed by atoms with E-state index in [-0.39, 0.29) is 18.1 Å². The Labute approximate surface area is 178 Å². The van der Waals surface area contributed by atoms with Gasteiger partial charge in [-0.3, -0.25) is 4.79 Å². The highest BCUT2D eigenvalue weighted by molar-refractivity contribution is 6.74. The number of amides is 1. The summed E-state index contributed by atoms with van der Waals surface area (Å²) in [5.74, 6) is -0.945. The van der Waals surface area contributed by atoms with E-state index in [1.54, 1.807) is 26.8 Å². The van der Waals surface area contributed by atoms with Crippen LogP contribution in [0, 0.1) is 5.92 Å². The van der Waals surface area contributed by atoms with Crippen LogP contribution >= 0.6 is 0 Å². The summed E-state index contributed by atoms with van der Waals surface area (Å²) in [7, 11) is -0.576. The Hall–Kier alpha value is -1.60. The van der Waals surface area contributed by atoms with Gasteiger partial charge in [-0.25, -0.2) is 4.79 Å². The molecule has 1 atom stereocenters. The van der Waals surface area contributed by atoms with Gasteiger partial charge in [-0.15, -0.1) is 6.58 Å². The molecule has 29 heavy (non-hydrogen) atoms. The molecule has 0 bridgehead atoms. The van der Waals surface area contributed by atoms with Gasteiger partial charge in [0.1, 0.15) is 5.60 Å². The Kier molecular flexibility index (Phi) is 10.4. The molecule has 0 spiro atoms. The summed E-state index contributed by atoms with van der Waals surface area (Å²) >= 11 is 0. The maximum absolute atomic E-state index is 12.5. The minimum absolute atomic E-state index is 0.0898. The van der Waals surface area contributed by atoms with Crippen LogP contribution < -0.4 is 0 Å². The van der Waals surface area contributed by atoms with E-state index in [2.05, 4.69) is 47.0 Å². The van der Waals surface area contributed by atoms with E-state index >= 15 is 0 Å². The minimum atomic E-state index is -1.92. The lowest BCUT2D eigenvalue weighted by molar-refractivity contribution is -0.145. The summed E-state index contributed by atoms with van der Waals surface area (Å²) in [6, 6.07) is 0. The van der Waals surface area contributed by atoms with E-state index in [0.717, 1.165) is 5.57 Å². The zero-order chi connectivity index (χ0) is 23.0. The minimum Gasteiger partial charge on any atom is -0.469 e. The Balaban J connectivity index is 5.20. The average molecular weight is 428 g/mol. The molecule has 0 aliphatic heterocycles. The zero-order valence-electron chi connectivity index (χ0n) is 19.9. The van der Waals surface area contributed by atoms with Crippen molar-refractivity contribution in [3.63, 3.8) is 0 Å². The van der Waals surface area contributed by atoms with Gasteiger partial charge < -0.3 is 18.8 Å². The summed E-state index contributed by atoms with van der Waals surface area (Å²) in [6.45, 7) is 24.9. The Morgan fingerprint density at radius 3 is 2.10 bits per heavy atom. The van der Waals surface area contributed by atoms with Crippen LogP contribution in [-0.4, -0.2) is 57.7 Å². The molecule has 0 aliphatic carbocycles. The van der Waals surface area contributed by atoms with Gasteiger partial charge in [0, 0.05) is 13.1 Å². The maximum atomic E-state index is 12.5. The molecule has 0 heterocycles. The molecule has 0 radical (unpaired) electrons. The van der Waals surface area contributed by atoms with Crippen molar-refractivity contribution in [1.82, 2.24) is 4.90 Å². The zero-order valence-corrected chi connectivity index (χ0v) is 20.9. The molecule has 6 nitrogen and oxygen atoms in total. The van der Waals surface area contributed by atoms with Crippen molar-refractivity contribution in [2.24, 2.45) is 5.92 Å². The van der Waals surface area contributed by atoms with Gasteiger partial charge in [-0.05, 0) is 45.3 Å².